The fourth-order valence-electron chi connectivity index (χ4n) is 3.31. The molecule has 0 unspecified atom stereocenters. The lowest BCUT2D eigenvalue weighted by Gasteiger charge is -2.32. The summed E-state index contributed by atoms with van der Waals surface area (Å²) >= 11 is 0. The summed E-state index contributed by atoms with van der Waals surface area (Å²) in [6.07, 6.45) is 1.81. The van der Waals surface area contributed by atoms with Crippen molar-refractivity contribution in [3.63, 3.8) is 0 Å². The van der Waals surface area contributed by atoms with Gasteiger partial charge in [0, 0.05) is 18.2 Å². The van der Waals surface area contributed by atoms with Gasteiger partial charge >= 0.3 is 0 Å². The number of sulfonamides is 1. The van der Waals surface area contributed by atoms with Gasteiger partial charge in [-0.25, -0.2) is 12.8 Å². The average Bonchev–Trinajstić information content (AvgIpc) is 2.75. The number of aryl methyl sites for hydroxylation is 1. The average molecular weight is 478 g/mol. The number of carbonyl (C=O) groups excluding carboxylic acids is 2. The lowest BCUT2D eigenvalue weighted by Crippen LogP contribution is -2.52. The summed E-state index contributed by atoms with van der Waals surface area (Å²) in [5.74, 6) is -1.54. The number of anilines is 1. The third kappa shape index (κ3) is 7.28. The molecule has 0 aliphatic carbocycles. The fourth-order valence-corrected chi connectivity index (χ4v) is 4.16. The van der Waals surface area contributed by atoms with Crippen LogP contribution in [0.15, 0.2) is 48.5 Å². The number of halogens is 1. The van der Waals surface area contributed by atoms with Gasteiger partial charge in [0.05, 0.1) is 11.9 Å². The zero-order valence-corrected chi connectivity index (χ0v) is 20.5. The van der Waals surface area contributed by atoms with E-state index in [0.717, 1.165) is 22.5 Å². The lowest BCUT2D eigenvalue weighted by atomic mass is 10.1. The minimum Gasteiger partial charge on any atom is -0.352 e. The molecule has 0 aliphatic rings. The van der Waals surface area contributed by atoms with E-state index in [1.807, 2.05) is 6.92 Å². The van der Waals surface area contributed by atoms with Crippen LogP contribution < -0.4 is 9.62 Å². The second-order valence-electron chi connectivity index (χ2n) is 8.24. The van der Waals surface area contributed by atoms with Gasteiger partial charge in [-0.1, -0.05) is 37.3 Å². The summed E-state index contributed by atoms with van der Waals surface area (Å²) in [7, 11) is -3.80. The second kappa shape index (κ2) is 11.3. The Morgan fingerprint density at radius 3 is 2.15 bits per heavy atom. The number of amides is 2. The van der Waals surface area contributed by atoms with E-state index in [0.29, 0.717) is 5.69 Å². The van der Waals surface area contributed by atoms with Gasteiger partial charge in [0.25, 0.3) is 0 Å². The van der Waals surface area contributed by atoms with E-state index >= 15 is 0 Å². The van der Waals surface area contributed by atoms with E-state index in [4.69, 9.17) is 0 Å². The zero-order valence-electron chi connectivity index (χ0n) is 19.7. The Morgan fingerprint density at radius 2 is 1.64 bits per heavy atom. The van der Waals surface area contributed by atoms with Crippen molar-refractivity contribution in [3.05, 3.63) is 65.5 Å². The van der Waals surface area contributed by atoms with Crippen molar-refractivity contribution >= 4 is 27.5 Å². The van der Waals surface area contributed by atoms with Crippen LogP contribution in [-0.4, -0.2) is 50.0 Å². The maximum absolute atomic E-state index is 14.3. The molecular weight excluding hydrogens is 445 g/mol. The molecule has 7 nitrogen and oxygen atoms in total. The Morgan fingerprint density at radius 1 is 1.03 bits per heavy atom. The summed E-state index contributed by atoms with van der Waals surface area (Å²) in [5.41, 5.74) is 1.60. The molecule has 9 heteroatoms. The van der Waals surface area contributed by atoms with Gasteiger partial charge in [0.15, 0.2) is 0 Å². The highest BCUT2D eigenvalue weighted by Crippen LogP contribution is 2.20. The number of hydrogen-bond donors (Lipinski definition) is 1. The van der Waals surface area contributed by atoms with Crippen LogP contribution in [0.25, 0.3) is 0 Å². The van der Waals surface area contributed by atoms with Gasteiger partial charge in [0.2, 0.25) is 21.8 Å². The third-order valence-corrected chi connectivity index (χ3v) is 6.35. The quantitative estimate of drug-likeness (QED) is 0.570. The number of rotatable bonds is 10. The number of nitrogens with one attached hydrogen (secondary N) is 1. The monoisotopic (exact) mass is 477 g/mol. The molecule has 2 rings (SSSR count). The Balaban J connectivity index is 2.39. The van der Waals surface area contributed by atoms with Crippen molar-refractivity contribution in [1.82, 2.24) is 10.2 Å². The standard InChI is InChI=1S/C24H32FN3O4S/c1-6-19-11-13-21(14-12-19)28(33(5,31)32)16-23(29)27(18(4)24(30)26-17(2)3)15-20-9-7-8-10-22(20)25/h7-14,17-18H,6,15-16H2,1-5H3,(H,26,30)/t18-/m1/s1. The van der Waals surface area contributed by atoms with E-state index in [1.54, 1.807) is 44.2 Å². The largest absolute Gasteiger partial charge is 0.352 e. The van der Waals surface area contributed by atoms with Gasteiger partial charge in [0.1, 0.15) is 18.4 Å². The highest BCUT2D eigenvalue weighted by atomic mass is 32.2. The molecule has 180 valence electrons. The Bertz CT molecular complexity index is 1070. The molecule has 1 N–H and O–H groups in total. The summed E-state index contributed by atoms with van der Waals surface area (Å²) in [6.45, 7) is 6.41. The van der Waals surface area contributed by atoms with E-state index in [1.165, 1.54) is 30.0 Å². The Kier molecular flexibility index (Phi) is 8.99. The van der Waals surface area contributed by atoms with Crippen molar-refractivity contribution < 1.29 is 22.4 Å². The Labute approximate surface area is 195 Å². The first-order chi connectivity index (χ1) is 15.4. The van der Waals surface area contributed by atoms with Crippen molar-refractivity contribution in [2.75, 3.05) is 17.1 Å². The third-order valence-electron chi connectivity index (χ3n) is 5.21. The van der Waals surface area contributed by atoms with Crippen LogP contribution in [0, 0.1) is 5.82 Å². The molecule has 0 radical (unpaired) electrons. The molecule has 0 fully saturated rings. The molecule has 0 aliphatic heterocycles. The van der Waals surface area contributed by atoms with E-state index in [9.17, 15) is 22.4 Å². The van der Waals surface area contributed by atoms with Crippen LogP contribution in [0.5, 0.6) is 0 Å². The summed E-state index contributed by atoms with van der Waals surface area (Å²) in [4.78, 5) is 27.2. The molecular formula is C24H32FN3O4S. The zero-order chi connectivity index (χ0) is 24.8. The summed E-state index contributed by atoms with van der Waals surface area (Å²) in [6, 6.07) is 11.8. The van der Waals surface area contributed by atoms with E-state index < -0.39 is 40.2 Å². The van der Waals surface area contributed by atoms with Gasteiger partial charge in [-0.05, 0) is 51.0 Å². The first kappa shape index (κ1) is 26.3. The molecule has 0 saturated carbocycles. The molecule has 0 heterocycles. The number of hydrogen-bond acceptors (Lipinski definition) is 4. The van der Waals surface area contributed by atoms with Gasteiger partial charge in [-0.15, -0.1) is 0 Å². The first-order valence-corrected chi connectivity index (χ1v) is 12.7. The van der Waals surface area contributed by atoms with Crippen LogP contribution >= 0.6 is 0 Å². The normalized spacial score (nSPS) is 12.3. The predicted molar refractivity (Wildman–Crippen MR) is 128 cm³/mol. The Hall–Kier alpha value is -2.94. The van der Waals surface area contributed by atoms with Crippen molar-refractivity contribution in [3.8, 4) is 0 Å². The van der Waals surface area contributed by atoms with Gasteiger partial charge in [-0.2, -0.15) is 0 Å². The molecule has 0 saturated heterocycles. The molecule has 2 aromatic rings. The molecule has 33 heavy (non-hydrogen) atoms. The van der Waals surface area contributed by atoms with Crippen molar-refractivity contribution in [2.45, 2.75) is 52.7 Å². The van der Waals surface area contributed by atoms with E-state index in [-0.39, 0.29) is 18.2 Å². The van der Waals surface area contributed by atoms with Crippen LogP contribution in [0.1, 0.15) is 38.8 Å². The van der Waals surface area contributed by atoms with Gasteiger partial charge < -0.3 is 10.2 Å². The topological polar surface area (TPSA) is 86.8 Å². The second-order valence-corrected chi connectivity index (χ2v) is 10.1. The van der Waals surface area contributed by atoms with E-state index in [2.05, 4.69) is 5.32 Å². The van der Waals surface area contributed by atoms with Crippen LogP contribution in [-0.2, 0) is 32.6 Å². The number of benzene rings is 2. The lowest BCUT2D eigenvalue weighted by molar-refractivity contribution is -0.139. The molecule has 0 bridgehead atoms. The van der Waals surface area contributed by atoms with Crippen LogP contribution in [0.3, 0.4) is 0 Å². The van der Waals surface area contributed by atoms with Gasteiger partial charge in [-0.3, -0.25) is 13.9 Å². The molecule has 2 amide bonds. The SMILES string of the molecule is CCc1ccc(N(CC(=O)N(Cc2ccccc2F)[C@H](C)C(=O)NC(C)C)S(C)(=O)=O)cc1. The molecule has 0 aromatic heterocycles. The van der Waals surface area contributed by atoms with Crippen LogP contribution in [0.4, 0.5) is 10.1 Å². The smallest absolute Gasteiger partial charge is 0.244 e. The minimum atomic E-state index is -3.80. The van der Waals surface area contributed by atoms with Crippen molar-refractivity contribution in [1.29, 1.82) is 0 Å². The number of nitrogens with zero attached hydrogens (tertiary/aromatic N) is 2. The maximum atomic E-state index is 14.3. The maximum Gasteiger partial charge on any atom is 0.244 e. The number of carbonyl (C=O) groups is 2. The van der Waals surface area contributed by atoms with Crippen molar-refractivity contribution in [2.24, 2.45) is 0 Å². The minimum absolute atomic E-state index is 0.157. The highest BCUT2D eigenvalue weighted by molar-refractivity contribution is 7.92. The predicted octanol–water partition coefficient (Wildman–Crippen LogP) is 3.10. The van der Waals surface area contributed by atoms with Crippen LogP contribution in [0.2, 0.25) is 0 Å². The summed E-state index contributed by atoms with van der Waals surface area (Å²) < 4.78 is 40.4. The summed E-state index contributed by atoms with van der Waals surface area (Å²) in [5, 5.41) is 2.75. The highest BCUT2D eigenvalue weighted by Gasteiger charge is 2.30. The molecule has 0 spiro atoms. The molecule has 2 aromatic carbocycles. The first-order valence-electron chi connectivity index (χ1n) is 10.8. The molecule has 1 atom stereocenters. The fraction of sp³-hybridized carbons (Fsp3) is 0.417.